The van der Waals surface area contributed by atoms with Crippen molar-refractivity contribution in [1.82, 2.24) is 5.06 Å². The summed E-state index contributed by atoms with van der Waals surface area (Å²) in [4.78, 5) is 21.1. The highest BCUT2D eigenvalue weighted by Gasteiger charge is 2.46. The number of allylic oxidation sites excluding steroid dienone is 1. The molecule has 4 aromatic rings. The third kappa shape index (κ3) is 4.42. The third-order valence-electron chi connectivity index (χ3n) is 9.76. The Hall–Kier alpha value is -4.15. The molecule has 1 unspecified atom stereocenters. The molecule has 0 spiro atoms. The fraction of sp³-hybridized carbons (Fsp3) is 0.325. The zero-order valence-corrected chi connectivity index (χ0v) is 26.9. The minimum atomic E-state index is -0.413. The average Bonchev–Trinajstić information content (AvgIpc) is 3.61. The molecule has 4 nitrogen and oxygen atoms in total. The fourth-order valence-corrected chi connectivity index (χ4v) is 7.44. The van der Waals surface area contributed by atoms with Gasteiger partial charge in [-0.1, -0.05) is 93.1 Å². The van der Waals surface area contributed by atoms with E-state index in [4.69, 9.17) is 9.57 Å². The van der Waals surface area contributed by atoms with Crippen molar-refractivity contribution in [3.05, 3.63) is 112 Å². The minimum absolute atomic E-state index is 0.185. The van der Waals surface area contributed by atoms with E-state index in [1.54, 1.807) is 7.11 Å². The molecule has 0 aromatic heterocycles. The molecule has 2 aliphatic carbocycles. The molecule has 1 aliphatic heterocycles. The van der Waals surface area contributed by atoms with Crippen molar-refractivity contribution < 1.29 is 14.4 Å². The number of methoxy groups -OCH3 is 1. The minimum Gasteiger partial charge on any atom is -0.496 e. The van der Waals surface area contributed by atoms with Gasteiger partial charge >= 0.3 is 0 Å². The zero-order chi connectivity index (χ0) is 31.0. The summed E-state index contributed by atoms with van der Waals surface area (Å²) in [5, 5.41) is 2.06. The quantitative estimate of drug-likeness (QED) is 0.235. The number of hydrogen-bond acceptors (Lipinski definition) is 4. The van der Waals surface area contributed by atoms with E-state index < -0.39 is 5.54 Å². The largest absolute Gasteiger partial charge is 0.496 e. The van der Waals surface area contributed by atoms with Gasteiger partial charge in [-0.15, -0.1) is 5.06 Å². The highest BCUT2D eigenvalue weighted by atomic mass is 16.7. The number of carbonyl (C=O) groups is 1. The molecule has 0 saturated carbocycles. The van der Waals surface area contributed by atoms with Gasteiger partial charge in [-0.05, 0) is 79.0 Å². The van der Waals surface area contributed by atoms with E-state index in [0.717, 1.165) is 45.7 Å². The Morgan fingerprint density at radius 1 is 0.932 bits per heavy atom. The lowest BCUT2D eigenvalue weighted by atomic mass is 9.81. The number of hydrogen-bond donors (Lipinski definition) is 0. The van der Waals surface area contributed by atoms with Crippen LogP contribution < -0.4 is 9.57 Å². The van der Waals surface area contributed by atoms with Gasteiger partial charge in [0, 0.05) is 40.3 Å². The van der Waals surface area contributed by atoms with Crippen LogP contribution in [-0.2, 0) is 23.8 Å². The molecule has 0 bridgehead atoms. The smallest absolute Gasteiger partial charge is 0.168 e. The molecule has 44 heavy (non-hydrogen) atoms. The normalized spacial score (nSPS) is 18.5. The molecule has 0 fully saturated rings. The van der Waals surface area contributed by atoms with Gasteiger partial charge in [0.1, 0.15) is 5.75 Å². The SMILES string of the molecule is COc1c(C(C)(C)C)cc2c(c1-c1ccccc1)CC(CN1Oc3c(cc4c(c3-c3ccccc3)CC(C)=C4)C1(C)C)C2=O. The summed E-state index contributed by atoms with van der Waals surface area (Å²) < 4.78 is 6.11. The molecule has 0 radical (unpaired) electrons. The summed E-state index contributed by atoms with van der Waals surface area (Å²) in [5.74, 6) is 1.75. The van der Waals surface area contributed by atoms with E-state index in [0.29, 0.717) is 13.0 Å². The Kier molecular flexibility index (Phi) is 6.64. The number of Topliss-reactive ketones (excluding diaryl/α,β-unsaturated/α-hetero) is 1. The summed E-state index contributed by atoms with van der Waals surface area (Å²) in [6.07, 6.45) is 3.88. The van der Waals surface area contributed by atoms with Crippen molar-refractivity contribution >= 4 is 11.9 Å². The molecule has 1 atom stereocenters. The van der Waals surface area contributed by atoms with E-state index >= 15 is 0 Å². The number of benzene rings is 4. The Morgan fingerprint density at radius 2 is 1.57 bits per heavy atom. The molecule has 0 amide bonds. The van der Waals surface area contributed by atoms with Crippen molar-refractivity contribution in [1.29, 1.82) is 0 Å². The Labute approximate surface area is 261 Å². The summed E-state index contributed by atoms with van der Waals surface area (Å²) in [6.45, 7) is 13.7. The van der Waals surface area contributed by atoms with Crippen LogP contribution in [0.1, 0.15) is 79.7 Å². The summed E-state index contributed by atoms with van der Waals surface area (Å²) in [7, 11) is 1.74. The first-order chi connectivity index (χ1) is 21.0. The van der Waals surface area contributed by atoms with Crippen LogP contribution in [0.15, 0.2) is 78.4 Å². The zero-order valence-electron chi connectivity index (χ0n) is 26.9. The van der Waals surface area contributed by atoms with Crippen molar-refractivity contribution in [2.75, 3.05) is 13.7 Å². The Balaban J connectivity index is 1.29. The van der Waals surface area contributed by atoms with Crippen LogP contribution in [0.4, 0.5) is 0 Å². The van der Waals surface area contributed by atoms with Crippen LogP contribution in [0.3, 0.4) is 0 Å². The van der Waals surface area contributed by atoms with Gasteiger partial charge in [-0.2, -0.15) is 0 Å². The lowest BCUT2D eigenvalue weighted by Crippen LogP contribution is -2.42. The van der Waals surface area contributed by atoms with Gasteiger partial charge in [-0.3, -0.25) is 4.79 Å². The average molecular weight is 584 g/mol. The molecule has 4 heteroatoms. The van der Waals surface area contributed by atoms with Crippen LogP contribution >= 0.6 is 0 Å². The number of nitrogens with zero attached hydrogens (tertiary/aromatic N) is 1. The number of rotatable bonds is 5. The van der Waals surface area contributed by atoms with Gasteiger partial charge in [-0.25, -0.2) is 0 Å². The van der Waals surface area contributed by atoms with Gasteiger partial charge in [0.05, 0.1) is 12.6 Å². The van der Waals surface area contributed by atoms with Gasteiger partial charge in [0.15, 0.2) is 11.5 Å². The molecule has 224 valence electrons. The first-order valence-electron chi connectivity index (χ1n) is 15.7. The second-order valence-electron chi connectivity index (χ2n) is 14.2. The standard InChI is InChI=1S/C40H41NO3/c1-24-18-27-21-33-38(34(29(27)19-24)25-14-10-8-11-15-25)44-41(40(33,5)6)23-28-20-30-31(36(28)42)22-32(39(2,3)4)37(43-7)35(30)26-16-12-9-13-17-26/h8-18,21-22,28H,19-20,23H2,1-7H3. The fourth-order valence-electron chi connectivity index (χ4n) is 7.44. The van der Waals surface area contributed by atoms with E-state index in [1.165, 1.54) is 33.4 Å². The molecule has 1 heterocycles. The predicted molar refractivity (Wildman–Crippen MR) is 178 cm³/mol. The van der Waals surface area contributed by atoms with Crippen molar-refractivity contribution in [2.45, 2.75) is 65.3 Å². The molecule has 0 saturated heterocycles. The van der Waals surface area contributed by atoms with Gasteiger partial charge < -0.3 is 9.57 Å². The van der Waals surface area contributed by atoms with Gasteiger partial charge in [0.2, 0.25) is 0 Å². The van der Waals surface area contributed by atoms with E-state index in [-0.39, 0.29) is 17.1 Å². The third-order valence-corrected chi connectivity index (χ3v) is 9.76. The predicted octanol–water partition coefficient (Wildman–Crippen LogP) is 9.19. The molecular weight excluding hydrogens is 542 g/mol. The number of hydroxylamine groups is 2. The molecule has 0 N–H and O–H groups in total. The van der Waals surface area contributed by atoms with Crippen molar-refractivity contribution in [2.24, 2.45) is 5.92 Å². The maximum Gasteiger partial charge on any atom is 0.168 e. The topological polar surface area (TPSA) is 38.8 Å². The molecular formula is C40H41NO3. The number of fused-ring (bicyclic) bond motifs is 3. The van der Waals surface area contributed by atoms with Crippen LogP contribution in [0.5, 0.6) is 11.5 Å². The Morgan fingerprint density at radius 3 is 2.18 bits per heavy atom. The first kappa shape index (κ1) is 28.6. The maximum absolute atomic E-state index is 14.3. The monoisotopic (exact) mass is 583 g/mol. The van der Waals surface area contributed by atoms with Crippen molar-refractivity contribution in [3.8, 4) is 33.8 Å². The summed E-state index contributed by atoms with van der Waals surface area (Å²) in [5.41, 5.74) is 12.0. The number of ether oxygens (including phenoxy) is 1. The second-order valence-corrected chi connectivity index (χ2v) is 14.2. The maximum atomic E-state index is 14.3. The van der Waals surface area contributed by atoms with Crippen LogP contribution in [0.2, 0.25) is 0 Å². The van der Waals surface area contributed by atoms with Gasteiger partial charge in [0.25, 0.3) is 0 Å². The van der Waals surface area contributed by atoms with Crippen LogP contribution in [0.25, 0.3) is 28.3 Å². The van der Waals surface area contributed by atoms with E-state index in [2.05, 4.69) is 119 Å². The van der Waals surface area contributed by atoms with Crippen molar-refractivity contribution in [3.63, 3.8) is 0 Å². The van der Waals surface area contributed by atoms with Crippen LogP contribution in [0, 0.1) is 5.92 Å². The highest BCUT2D eigenvalue weighted by Crippen LogP contribution is 2.53. The van der Waals surface area contributed by atoms with Crippen LogP contribution in [-0.4, -0.2) is 24.5 Å². The van der Waals surface area contributed by atoms with E-state index in [9.17, 15) is 4.79 Å². The summed E-state index contributed by atoms with van der Waals surface area (Å²) >= 11 is 0. The Bertz CT molecular complexity index is 1830. The number of ketones is 1. The molecule has 3 aliphatic rings. The molecule has 4 aromatic carbocycles. The molecule has 7 rings (SSSR count). The van der Waals surface area contributed by atoms with E-state index in [1.807, 2.05) is 6.07 Å². The highest BCUT2D eigenvalue weighted by molar-refractivity contribution is 6.05. The summed E-state index contributed by atoms with van der Waals surface area (Å²) in [6, 6.07) is 25.4. The second kappa shape index (κ2) is 10.2. The lowest BCUT2D eigenvalue weighted by Gasteiger charge is -2.31. The number of carbonyl (C=O) groups excluding carboxylic acids is 1. The lowest BCUT2D eigenvalue weighted by molar-refractivity contribution is -0.114. The first-order valence-corrected chi connectivity index (χ1v) is 15.7.